The van der Waals surface area contributed by atoms with E-state index in [1.54, 1.807) is 0 Å². The molecule has 1 aliphatic heterocycles. The van der Waals surface area contributed by atoms with Gasteiger partial charge in [-0.15, -0.1) is 0 Å². The third-order valence-electron chi connectivity index (χ3n) is 4.76. The standard InChI is InChI=1S/C18H37NO3/c1-17(2)14-16(15-18(3,4)19(17)21)22-13-11-9-7-5-6-8-10-12-20/h16,20-21H,5-15H2,1-4H3. The van der Waals surface area contributed by atoms with Gasteiger partial charge in [-0.25, -0.2) is 0 Å². The maximum atomic E-state index is 10.3. The number of piperidine rings is 1. The van der Waals surface area contributed by atoms with Gasteiger partial charge in [-0.2, -0.15) is 5.06 Å². The third kappa shape index (κ3) is 6.53. The number of hydrogen-bond acceptors (Lipinski definition) is 4. The summed E-state index contributed by atoms with van der Waals surface area (Å²) in [6.45, 7) is 9.48. The van der Waals surface area contributed by atoms with Crippen molar-refractivity contribution in [2.45, 2.75) is 103 Å². The molecule has 1 rings (SSSR count). The summed E-state index contributed by atoms with van der Waals surface area (Å²) in [5, 5.41) is 20.5. The predicted molar refractivity (Wildman–Crippen MR) is 90.2 cm³/mol. The minimum absolute atomic E-state index is 0.223. The van der Waals surface area contributed by atoms with E-state index in [0.29, 0.717) is 6.61 Å². The number of hydroxylamine groups is 2. The summed E-state index contributed by atoms with van der Waals surface area (Å²) in [6.07, 6.45) is 10.2. The van der Waals surface area contributed by atoms with Crippen LogP contribution in [0.1, 0.15) is 85.5 Å². The fourth-order valence-corrected chi connectivity index (χ4v) is 3.64. The van der Waals surface area contributed by atoms with E-state index in [-0.39, 0.29) is 17.2 Å². The Morgan fingerprint density at radius 2 is 1.32 bits per heavy atom. The van der Waals surface area contributed by atoms with Crippen molar-refractivity contribution in [2.75, 3.05) is 13.2 Å². The molecule has 0 bridgehead atoms. The van der Waals surface area contributed by atoms with E-state index in [9.17, 15) is 5.21 Å². The van der Waals surface area contributed by atoms with Crippen molar-refractivity contribution in [2.24, 2.45) is 0 Å². The minimum atomic E-state index is -0.223. The molecule has 0 aromatic rings. The van der Waals surface area contributed by atoms with Gasteiger partial charge in [0.15, 0.2) is 0 Å². The van der Waals surface area contributed by atoms with Gasteiger partial charge in [-0.05, 0) is 53.4 Å². The Labute approximate surface area is 136 Å². The van der Waals surface area contributed by atoms with Crippen LogP contribution in [0.4, 0.5) is 0 Å². The monoisotopic (exact) mass is 315 g/mol. The highest BCUT2D eigenvalue weighted by molar-refractivity contribution is 4.96. The molecule has 0 aromatic heterocycles. The molecule has 1 fully saturated rings. The molecule has 0 aromatic carbocycles. The van der Waals surface area contributed by atoms with Crippen LogP contribution in [0.2, 0.25) is 0 Å². The van der Waals surface area contributed by atoms with E-state index in [0.717, 1.165) is 38.7 Å². The summed E-state index contributed by atoms with van der Waals surface area (Å²) in [5.74, 6) is 0. The molecule has 1 aliphatic rings. The summed E-state index contributed by atoms with van der Waals surface area (Å²) < 4.78 is 6.08. The molecule has 0 atom stereocenters. The second-order valence-corrected chi connectivity index (χ2v) is 8.04. The second kappa shape index (κ2) is 9.21. The Kier molecular flexibility index (Phi) is 8.33. The van der Waals surface area contributed by atoms with Crippen LogP contribution in [0.25, 0.3) is 0 Å². The number of ether oxygens (including phenoxy) is 1. The van der Waals surface area contributed by atoms with Crippen LogP contribution in [0, 0.1) is 0 Å². The first kappa shape index (κ1) is 19.9. The molecule has 4 heteroatoms. The average Bonchev–Trinajstić information content (AvgIpc) is 2.42. The molecule has 0 aliphatic carbocycles. The lowest BCUT2D eigenvalue weighted by molar-refractivity contribution is -0.261. The normalized spacial score (nSPS) is 22.1. The summed E-state index contributed by atoms with van der Waals surface area (Å²) in [5.41, 5.74) is -0.446. The van der Waals surface area contributed by atoms with Crippen molar-refractivity contribution in [3.8, 4) is 0 Å². The van der Waals surface area contributed by atoms with Crippen LogP contribution in [0.3, 0.4) is 0 Å². The second-order valence-electron chi connectivity index (χ2n) is 8.04. The molecule has 0 spiro atoms. The zero-order chi connectivity index (χ0) is 16.6. The largest absolute Gasteiger partial charge is 0.396 e. The summed E-state index contributed by atoms with van der Waals surface area (Å²) in [7, 11) is 0. The molecule has 2 N–H and O–H groups in total. The van der Waals surface area contributed by atoms with Gasteiger partial charge < -0.3 is 15.1 Å². The number of unbranched alkanes of at least 4 members (excludes halogenated alkanes) is 6. The van der Waals surface area contributed by atoms with E-state index in [2.05, 4.69) is 27.7 Å². The van der Waals surface area contributed by atoms with Crippen molar-refractivity contribution >= 4 is 0 Å². The molecule has 0 unspecified atom stereocenters. The molecule has 1 heterocycles. The van der Waals surface area contributed by atoms with Crippen molar-refractivity contribution in [3.63, 3.8) is 0 Å². The number of rotatable bonds is 10. The van der Waals surface area contributed by atoms with Crippen LogP contribution in [0.5, 0.6) is 0 Å². The first-order valence-corrected chi connectivity index (χ1v) is 9.01. The van der Waals surface area contributed by atoms with Gasteiger partial charge in [0.05, 0.1) is 6.10 Å². The molecule has 0 radical (unpaired) electrons. The quantitative estimate of drug-likeness (QED) is 0.595. The van der Waals surface area contributed by atoms with Gasteiger partial charge in [0, 0.05) is 24.3 Å². The predicted octanol–water partition coefficient (Wildman–Crippen LogP) is 4.14. The lowest BCUT2D eigenvalue weighted by Gasteiger charge is -2.51. The van der Waals surface area contributed by atoms with E-state index in [1.807, 2.05) is 0 Å². The smallest absolute Gasteiger partial charge is 0.0611 e. The maximum absolute atomic E-state index is 10.3. The summed E-state index contributed by atoms with van der Waals surface area (Å²) in [6, 6.07) is 0. The topological polar surface area (TPSA) is 52.9 Å². The Hall–Kier alpha value is -0.160. The van der Waals surface area contributed by atoms with Gasteiger partial charge in [0.25, 0.3) is 0 Å². The van der Waals surface area contributed by atoms with Gasteiger partial charge in [0.2, 0.25) is 0 Å². The number of hydrogen-bond donors (Lipinski definition) is 2. The molecular formula is C18H37NO3. The van der Waals surface area contributed by atoms with Crippen molar-refractivity contribution < 1.29 is 15.1 Å². The fraction of sp³-hybridized carbons (Fsp3) is 1.00. The fourth-order valence-electron chi connectivity index (χ4n) is 3.64. The summed E-state index contributed by atoms with van der Waals surface area (Å²) >= 11 is 0. The molecule has 0 saturated carbocycles. The molecule has 132 valence electrons. The Morgan fingerprint density at radius 1 is 0.864 bits per heavy atom. The highest BCUT2D eigenvalue weighted by Crippen LogP contribution is 2.37. The van der Waals surface area contributed by atoms with Gasteiger partial charge in [-0.3, -0.25) is 0 Å². The highest BCUT2D eigenvalue weighted by atomic mass is 16.5. The average molecular weight is 315 g/mol. The van der Waals surface area contributed by atoms with Gasteiger partial charge in [0.1, 0.15) is 0 Å². The molecule has 0 amide bonds. The van der Waals surface area contributed by atoms with Crippen molar-refractivity contribution in [1.82, 2.24) is 5.06 Å². The molecule has 4 nitrogen and oxygen atoms in total. The van der Waals surface area contributed by atoms with Crippen LogP contribution >= 0.6 is 0 Å². The third-order valence-corrected chi connectivity index (χ3v) is 4.76. The van der Waals surface area contributed by atoms with Gasteiger partial charge >= 0.3 is 0 Å². The Bertz CT molecular complexity index is 287. The minimum Gasteiger partial charge on any atom is -0.396 e. The first-order chi connectivity index (χ1) is 10.3. The van der Waals surface area contributed by atoms with Crippen LogP contribution in [0.15, 0.2) is 0 Å². The van der Waals surface area contributed by atoms with Crippen molar-refractivity contribution in [3.05, 3.63) is 0 Å². The molecular weight excluding hydrogens is 278 g/mol. The molecule has 22 heavy (non-hydrogen) atoms. The molecule has 1 saturated heterocycles. The zero-order valence-electron chi connectivity index (χ0n) is 15.1. The maximum Gasteiger partial charge on any atom is 0.0611 e. The number of nitrogens with zero attached hydrogens (tertiary/aromatic N) is 1. The van der Waals surface area contributed by atoms with E-state index in [4.69, 9.17) is 9.84 Å². The lowest BCUT2D eigenvalue weighted by Crippen LogP contribution is -2.60. The van der Waals surface area contributed by atoms with Crippen LogP contribution in [-0.4, -0.2) is 45.8 Å². The van der Waals surface area contributed by atoms with E-state index < -0.39 is 0 Å². The lowest BCUT2D eigenvalue weighted by atomic mass is 9.80. The van der Waals surface area contributed by atoms with Crippen molar-refractivity contribution in [1.29, 1.82) is 0 Å². The Morgan fingerprint density at radius 3 is 1.82 bits per heavy atom. The van der Waals surface area contributed by atoms with Crippen LogP contribution in [-0.2, 0) is 4.74 Å². The van der Waals surface area contributed by atoms with E-state index in [1.165, 1.54) is 30.7 Å². The highest BCUT2D eigenvalue weighted by Gasteiger charge is 2.45. The number of aliphatic hydroxyl groups excluding tert-OH is 1. The van der Waals surface area contributed by atoms with Gasteiger partial charge in [-0.1, -0.05) is 32.1 Å². The van der Waals surface area contributed by atoms with Crippen LogP contribution < -0.4 is 0 Å². The zero-order valence-corrected chi connectivity index (χ0v) is 15.1. The SMILES string of the molecule is CC1(C)CC(OCCCCCCCCCO)CC(C)(C)N1O. The summed E-state index contributed by atoms with van der Waals surface area (Å²) in [4.78, 5) is 0. The van der Waals surface area contributed by atoms with E-state index >= 15 is 0 Å². The number of aliphatic hydroxyl groups is 1. The Balaban J connectivity index is 2.12. The first-order valence-electron chi connectivity index (χ1n) is 9.01.